The minimum Gasteiger partial charge on any atom is -0.624 e. The topological polar surface area (TPSA) is 49.9 Å². The smallest absolute Gasteiger partial charge is 0.181 e. The zero-order chi connectivity index (χ0) is 8.97. The molecule has 12 heavy (non-hydrogen) atoms. The molecule has 0 aromatic heterocycles. The predicted octanol–water partition coefficient (Wildman–Crippen LogP) is 1.12. The zero-order valence-electron chi connectivity index (χ0n) is 6.69. The van der Waals surface area contributed by atoms with E-state index in [0.29, 0.717) is 5.56 Å². The van der Waals surface area contributed by atoms with Gasteiger partial charge in [0.15, 0.2) is 6.21 Å². The van der Waals surface area contributed by atoms with Gasteiger partial charge in [-0.2, -0.15) is 5.26 Å². The van der Waals surface area contributed by atoms with Crippen molar-refractivity contribution >= 4 is 6.21 Å². The van der Waals surface area contributed by atoms with Crippen LogP contribution in [0.1, 0.15) is 11.1 Å². The first-order valence-electron chi connectivity index (χ1n) is 3.47. The summed E-state index contributed by atoms with van der Waals surface area (Å²) in [6.45, 7) is 0. The van der Waals surface area contributed by atoms with Crippen molar-refractivity contribution in [1.82, 2.24) is 0 Å². The van der Waals surface area contributed by atoms with Crippen molar-refractivity contribution in [2.45, 2.75) is 0 Å². The average molecular weight is 160 g/mol. The fourth-order valence-electron chi connectivity index (χ4n) is 0.854. The summed E-state index contributed by atoms with van der Waals surface area (Å²) < 4.78 is 0.724. The van der Waals surface area contributed by atoms with Crippen LogP contribution in [-0.4, -0.2) is 18.0 Å². The lowest BCUT2D eigenvalue weighted by molar-refractivity contribution is -0.416. The molecule has 1 aromatic carbocycles. The molecular weight excluding hydrogens is 152 g/mol. The molecule has 0 amide bonds. The minimum absolute atomic E-state index is 0.598. The zero-order valence-corrected chi connectivity index (χ0v) is 6.69. The lowest BCUT2D eigenvalue weighted by atomic mass is 10.2. The molecule has 0 spiro atoms. The van der Waals surface area contributed by atoms with Crippen molar-refractivity contribution in [2.75, 3.05) is 7.05 Å². The Labute approximate surface area is 70.8 Å². The van der Waals surface area contributed by atoms with Crippen LogP contribution >= 0.6 is 0 Å². The third-order valence-electron chi connectivity index (χ3n) is 1.37. The summed E-state index contributed by atoms with van der Waals surface area (Å²) in [6.07, 6.45) is 1.45. The van der Waals surface area contributed by atoms with Crippen LogP contribution in [0.25, 0.3) is 0 Å². The van der Waals surface area contributed by atoms with E-state index < -0.39 is 0 Å². The van der Waals surface area contributed by atoms with E-state index in [1.165, 1.54) is 13.3 Å². The van der Waals surface area contributed by atoms with Crippen molar-refractivity contribution in [3.8, 4) is 6.07 Å². The maximum absolute atomic E-state index is 10.6. The summed E-state index contributed by atoms with van der Waals surface area (Å²) in [7, 11) is 1.41. The molecule has 0 unspecified atom stereocenters. The first-order valence-corrected chi connectivity index (χ1v) is 3.47. The molecule has 0 atom stereocenters. The first kappa shape index (κ1) is 8.28. The quantitative estimate of drug-likeness (QED) is 0.267. The van der Waals surface area contributed by atoms with Gasteiger partial charge in [-0.15, -0.1) is 0 Å². The Kier molecular flexibility index (Phi) is 2.44. The van der Waals surface area contributed by atoms with Crippen LogP contribution in [0.3, 0.4) is 0 Å². The lowest BCUT2D eigenvalue weighted by Gasteiger charge is -1.94. The Morgan fingerprint density at radius 1 is 1.42 bits per heavy atom. The molecule has 0 radical (unpaired) electrons. The first-order chi connectivity index (χ1) is 5.72. The van der Waals surface area contributed by atoms with Gasteiger partial charge in [-0.1, -0.05) is 0 Å². The van der Waals surface area contributed by atoms with Gasteiger partial charge < -0.3 is 5.21 Å². The molecule has 0 N–H and O–H groups in total. The molecule has 0 aliphatic rings. The van der Waals surface area contributed by atoms with E-state index in [9.17, 15) is 5.21 Å². The maximum Gasteiger partial charge on any atom is 0.181 e. The second-order valence-electron chi connectivity index (χ2n) is 2.41. The minimum atomic E-state index is 0.598. The van der Waals surface area contributed by atoms with Crippen LogP contribution in [0.2, 0.25) is 0 Å². The van der Waals surface area contributed by atoms with Crippen molar-refractivity contribution in [3.05, 3.63) is 40.6 Å². The highest BCUT2D eigenvalue weighted by Crippen LogP contribution is 1.99. The molecule has 0 saturated heterocycles. The van der Waals surface area contributed by atoms with Crippen molar-refractivity contribution in [1.29, 1.82) is 5.26 Å². The fraction of sp³-hybridized carbons (Fsp3) is 0.111. The molecule has 0 aliphatic heterocycles. The number of benzene rings is 1. The van der Waals surface area contributed by atoms with E-state index in [1.54, 1.807) is 24.3 Å². The van der Waals surface area contributed by atoms with Gasteiger partial charge in [0.1, 0.15) is 7.05 Å². The van der Waals surface area contributed by atoms with Crippen LogP contribution in [0.5, 0.6) is 0 Å². The van der Waals surface area contributed by atoms with Crippen molar-refractivity contribution in [2.24, 2.45) is 0 Å². The summed E-state index contributed by atoms with van der Waals surface area (Å²) in [6, 6.07) is 8.81. The maximum atomic E-state index is 10.6. The normalized spacial score (nSPS) is 10.8. The third-order valence-corrected chi connectivity index (χ3v) is 1.37. The van der Waals surface area contributed by atoms with Crippen LogP contribution in [0, 0.1) is 16.5 Å². The number of rotatable bonds is 1. The average Bonchev–Trinajstić information content (AvgIpc) is 2.05. The van der Waals surface area contributed by atoms with Gasteiger partial charge in [0, 0.05) is 5.56 Å². The van der Waals surface area contributed by atoms with E-state index >= 15 is 0 Å². The summed E-state index contributed by atoms with van der Waals surface area (Å²) in [5.41, 5.74) is 1.40. The molecular formula is C9H8N2O. The number of nitrogens with zero attached hydrogens (tertiary/aromatic N) is 2. The molecule has 3 nitrogen and oxygen atoms in total. The fourth-order valence-corrected chi connectivity index (χ4v) is 0.854. The number of hydrogen-bond acceptors (Lipinski definition) is 2. The monoisotopic (exact) mass is 160 g/mol. The molecule has 60 valence electrons. The van der Waals surface area contributed by atoms with Gasteiger partial charge in [-0.25, -0.2) is 4.74 Å². The standard InChI is InChI=1S/C9H8N2O/c1-11(12)7-9-4-2-8(6-10)3-5-9/h2-5,7H,1H3. The second-order valence-corrected chi connectivity index (χ2v) is 2.41. The summed E-state index contributed by atoms with van der Waals surface area (Å²) in [4.78, 5) is 0. The van der Waals surface area contributed by atoms with Crippen LogP contribution in [-0.2, 0) is 0 Å². The van der Waals surface area contributed by atoms with Gasteiger partial charge in [0.2, 0.25) is 0 Å². The van der Waals surface area contributed by atoms with Gasteiger partial charge in [-0.3, -0.25) is 0 Å². The van der Waals surface area contributed by atoms with Crippen LogP contribution in [0.15, 0.2) is 24.3 Å². The highest BCUT2D eigenvalue weighted by molar-refractivity contribution is 5.75. The Morgan fingerprint density at radius 2 is 2.00 bits per heavy atom. The second kappa shape index (κ2) is 3.54. The molecule has 1 aromatic rings. The van der Waals surface area contributed by atoms with Gasteiger partial charge in [0.05, 0.1) is 11.6 Å². The highest BCUT2D eigenvalue weighted by Gasteiger charge is 1.92. The SMILES string of the molecule is C[N+]([O-])=Cc1ccc(C#N)cc1. The van der Waals surface area contributed by atoms with E-state index in [1.807, 2.05) is 6.07 Å². The van der Waals surface area contributed by atoms with Crippen LogP contribution in [0.4, 0.5) is 0 Å². The molecule has 0 fully saturated rings. The Morgan fingerprint density at radius 3 is 2.42 bits per heavy atom. The van der Waals surface area contributed by atoms with E-state index in [0.717, 1.165) is 10.3 Å². The van der Waals surface area contributed by atoms with Gasteiger partial charge in [0.25, 0.3) is 0 Å². The Bertz CT molecular complexity index is 329. The Hall–Kier alpha value is -1.82. The van der Waals surface area contributed by atoms with E-state index in [-0.39, 0.29) is 0 Å². The molecule has 0 heterocycles. The van der Waals surface area contributed by atoms with E-state index in [2.05, 4.69) is 0 Å². The van der Waals surface area contributed by atoms with Crippen molar-refractivity contribution in [3.63, 3.8) is 0 Å². The lowest BCUT2D eigenvalue weighted by Crippen LogP contribution is -1.96. The molecule has 0 aliphatic carbocycles. The molecule has 3 heteroatoms. The van der Waals surface area contributed by atoms with Crippen LogP contribution < -0.4 is 0 Å². The molecule has 0 saturated carbocycles. The summed E-state index contributed by atoms with van der Waals surface area (Å²) in [5.74, 6) is 0. The third kappa shape index (κ3) is 2.10. The molecule has 1 rings (SSSR count). The largest absolute Gasteiger partial charge is 0.624 e. The van der Waals surface area contributed by atoms with E-state index in [4.69, 9.17) is 5.26 Å². The number of nitriles is 1. The van der Waals surface area contributed by atoms with Gasteiger partial charge in [-0.05, 0) is 24.3 Å². The van der Waals surface area contributed by atoms with Gasteiger partial charge >= 0.3 is 0 Å². The highest BCUT2D eigenvalue weighted by atomic mass is 16.5. The number of hydrogen-bond donors (Lipinski definition) is 0. The number of hydroxylamine groups is 1. The Balaban J connectivity index is 2.95. The summed E-state index contributed by atoms with van der Waals surface area (Å²) in [5, 5.41) is 19.0. The molecule has 0 bridgehead atoms. The summed E-state index contributed by atoms with van der Waals surface area (Å²) >= 11 is 0. The van der Waals surface area contributed by atoms with Crippen molar-refractivity contribution < 1.29 is 4.74 Å². The predicted molar refractivity (Wildman–Crippen MR) is 45.9 cm³/mol.